The van der Waals surface area contributed by atoms with Crippen LogP contribution in [0.4, 0.5) is 8.87 Å². The highest BCUT2D eigenvalue weighted by Gasteiger charge is 2.41. The minimum absolute atomic E-state index is 0.0698. The SMILES string of the molecule is O=C1c2c(cccc2C(Cl)Cl)C(=S)N1F.O=C1c2ccccc2C(=O)N1SC(F)(Cl)Cl. The van der Waals surface area contributed by atoms with E-state index in [1.54, 1.807) is 30.3 Å². The van der Waals surface area contributed by atoms with Gasteiger partial charge in [0.25, 0.3) is 17.7 Å². The van der Waals surface area contributed by atoms with Gasteiger partial charge in [-0.2, -0.15) is 4.39 Å². The number of fused-ring (bicyclic) bond motifs is 2. The second-order valence-electron chi connectivity index (χ2n) is 5.95. The summed E-state index contributed by atoms with van der Waals surface area (Å²) in [6.07, 6.45) is 0. The summed E-state index contributed by atoms with van der Waals surface area (Å²) in [4.78, 5) is 33.8. The Labute approximate surface area is 204 Å². The monoisotopic (exact) mass is 542 g/mol. The Balaban J connectivity index is 0.000000176. The summed E-state index contributed by atoms with van der Waals surface area (Å²) in [5, 5.41) is -0.0698. The van der Waals surface area contributed by atoms with Crippen LogP contribution in [0.25, 0.3) is 0 Å². The molecule has 0 unspecified atom stereocenters. The van der Waals surface area contributed by atoms with E-state index in [0.29, 0.717) is 15.4 Å². The summed E-state index contributed by atoms with van der Waals surface area (Å²) < 4.78 is 24.1. The normalized spacial score (nSPS) is 15.3. The van der Waals surface area contributed by atoms with Crippen LogP contribution in [0, 0.1) is 0 Å². The molecule has 4 rings (SSSR count). The zero-order valence-electron chi connectivity index (χ0n) is 14.8. The van der Waals surface area contributed by atoms with Gasteiger partial charge in [0.05, 0.1) is 16.7 Å². The van der Waals surface area contributed by atoms with Gasteiger partial charge in [-0.1, -0.05) is 70.2 Å². The van der Waals surface area contributed by atoms with Crippen molar-refractivity contribution in [3.63, 3.8) is 0 Å². The standard InChI is InChI=1S/C9H4Cl2FNO2S.C9H4Cl2FNOS/c10-9(11,12)16-13-7(14)5-3-1-2-4-6(5)8(13)15;10-7(11)4-2-1-3-5-6(4)8(14)13(12)9(5)15/h1-4H;1-3,7H. The highest BCUT2D eigenvalue weighted by Crippen LogP contribution is 2.42. The molecular weight excluding hydrogens is 536 g/mol. The number of hydrogen-bond acceptors (Lipinski definition) is 5. The average molecular weight is 544 g/mol. The van der Waals surface area contributed by atoms with Crippen molar-refractivity contribution in [2.45, 2.75) is 8.76 Å². The fraction of sp³-hybridized carbons (Fsp3) is 0.111. The maximum absolute atomic E-state index is 13.2. The van der Waals surface area contributed by atoms with Crippen molar-refractivity contribution in [2.75, 3.05) is 0 Å². The van der Waals surface area contributed by atoms with Crippen molar-refractivity contribution in [3.8, 4) is 0 Å². The fourth-order valence-corrected chi connectivity index (χ4v) is 4.42. The number of alkyl halides is 5. The first kappa shape index (κ1) is 24.2. The molecule has 0 N–H and O–H groups in total. The molecule has 0 aromatic heterocycles. The first-order chi connectivity index (χ1) is 14.4. The van der Waals surface area contributed by atoms with Gasteiger partial charge >= 0.3 is 3.92 Å². The van der Waals surface area contributed by atoms with Gasteiger partial charge in [0.15, 0.2) is 0 Å². The maximum atomic E-state index is 13.2. The summed E-state index contributed by atoms with van der Waals surface area (Å²) >= 11 is 26.5. The number of hydrogen-bond donors (Lipinski definition) is 0. The van der Waals surface area contributed by atoms with E-state index in [1.807, 2.05) is 0 Å². The number of nitrogens with zero attached hydrogens (tertiary/aromatic N) is 2. The highest BCUT2D eigenvalue weighted by atomic mass is 35.5. The molecule has 2 aliphatic rings. The minimum atomic E-state index is -2.71. The zero-order chi connectivity index (χ0) is 23.1. The molecule has 5 nitrogen and oxygen atoms in total. The number of thiocarbonyl (C=S) groups is 1. The van der Waals surface area contributed by atoms with E-state index in [0.717, 1.165) is 0 Å². The number of amides is 3. The molecule has 0 fully saturated rings. The van der Waals surface area contributed by atoms with Gasteiger partial charge in [0, 0.05) is 17.5 Å². The van der Waals surface area contributed by atoms with E-state index < -0.39 is 26.5 Å². The Morgan fingerprint density at radius 2 is 1.42 bits per heavy atom. The summed E-state index contributed by atoms with van der Waals surface area (Å²) in [5.41, 5.74) is 1.33. The molecule has 13 heteroatoms. The lowest BCUT2D eigenvalue weighted by atomic mass is 10.0. The molecule has 0 bridgehead atoms. The molecule has 0 saturated carbocycles. The summed E-state index contributed by atoms with van der Waals surface area (Å²) in [6.45, 7) is 0. The van der Waals surface area contributed by atoms with Crippen molar-refractivity contribution in [2.24, 2.45) is 0 Å². The van der Waals surface area contributed by atoms with Crippen molar-refractivity contribution in [1.82, 2.24) is 9.43 Å². The molecule has 2 aromatic rings. The molecule has 31 heavy (non-hydrogen) atoms. The van der Waals surface area contributed by atoms with Crippen molar-refractivity contribution < 1.29 is 23.3 Å². The third-order valence-corrected chi connectivity index (χ3v) is 6.07. The Morgan fingerprint density at radius 1 is 0.903 bits per heavy atom. The van der Waals surface area contributed by atoms with E-state index >= 15 is 0 Å². The smallest absolute Gasteiger partial charge is 0.268 e. The predicted molar refractivity (Wildman–Crippen MR) is 120 cm³/mol. The van der Waals surface area contributed by atoms with Gasteiger partial charge in [-0.3, -0.25) is 14.4 Å². The zero-order valence-corrected chi connectivity index (χ0v) is 19.5. The lowest BCUT2D eigenvalue weighted by Crippen LogP contribution is -2.25. The highest BCUT2D eigenvalue weighted by molar-refractivity contribution is 8.01. The molecule has 2 aliphatic heterocycles. The van der Waals surface area contributed by atoms with Gasteiger partial charge in [0.1, 0.15) is 9.82 Å². The van der Waals surface area contributed by atoms with Crippen LogP contribution in [-0.2, 0) is 0 Å². The molecular formula is C18H8Cl4F2N2O3S2. The first-order valence-corrected chi connectivity index (χ1v) is 10.9. The first-order valence-electron chi connectivity index (χ1n) is 8.13. The maximum Gasteiger partial charge on any atom is 0.324 e. The largest absolute Gasteiger partial charge is 0.324 e. The van der Waals surface area contributed by atoms with Gasteiger partial charge in [-0.25, -0.2) is 4.31 Å². The molecule has 0 saturated heterocycles. The van der Waals surface area contributed by atoms with Crippen LogP contribution in [0.3, 0.4) is 0 Å². The Morgan fingerprint density at radius 3 is 1.90 bits per heavy atom. The Hall–Kier alpha value is -1.49. The van der Waals surface area contributed by atoms with Gasteiger partial charge in [0.2, 0.25) is 0 Å². The van der Waals surface area contributed by atoms with Crippen LogP contribution in [-0.4, -0.2) is 36.1 Å². The molecule has 3 amide bonds. The average Bonchev–Trinajstić information content (AvgIpc) is 3.08. The van der Waals surface area contributed by atoms with Crippen LogP contribution in [0.1, 0.15) is 47.0 Å². The summed E-state index contributed by atoms with van der Waals surface area (Å²) in [7, 11) is 0. The van der Waals surface area contributed by atoms with Crippen LogP contribution in [0.15, 0.2) is 42.5 Å². The molecule has 2 aromatic carbocycles. The molecule has 0 spiro atoms. The van der Waals surface area contributed by atoms with Gasteiger partial charge in [-0.15, -0.1) is 28.3 Å². The van der Waals surface area contributed by atoms with Crippen molar-refractivity contribution in [1.29, 1.82) is 0 Å². The lowest BCUT2D eigenvalue weighted by molar-refractivity contribution is 0.0571. The van der Waals surface area contributed by atoms with E-state index in [9.17, 15) is 23.3 Å². The van der Waals surface area contributed by atoms with E-state index in [2.05, 4.69) is 0 Å². The van der Waals surface area contributed by atoms with E-state index in [4.69, 9.17) is 58.6 Å². The van der Waals surface area contributed by atoms with Crippen LogP contribution in [0.2, 0.25) is 0 Å². The third kappa shape index (κ3) is 4.81. The minimum Gasteiger partial charge on any atom is -0.268 e. The van der Waals surface area contributed by atoms with Crippen LogP contribution >= 0.6 is 70.6 Å². The topological polar surface area (TPSA) is 57.7 Å². The summed E-state index contributed by atoms with van der Waals surface area (Å²) in [5.74, 6) is -2.04. The van der Waals surface area contributed by atoms with Crippen molar-refractivity contribution >= 4 is 93.3 Å². The lowest BCUT2D eigenvalue weighted by Gasteiger charge is -2.15. The molecule has 162 valence electrons. The second kappa shape index (κ2) is 9.17. The number of rotatable bonds is 3. The number of imide groups is 1. The van der Waals surface area contributed by atoms with Crippen LogP contribution < -0.4 is 0 Å². The van der Waals surface area contributed by atoms with E-state index in [1.165, 1.54) is 12.1 Å². The molecule has 2 heterocycles. The quantitative estimate of drug-likeness (QED) is 0.152. The Kier molecular flexibility index (Phi) is 7.15. The van der Waals surface area contributed by atoms with Crippen LogP contribution in [0.5, 0.6) is 0 Å². The number of benzene rings is 2. The molecule has 0 radical (unpaired) electrons. The third-order valence-electron chi connectivity index (χ3n) is 4.08. The van der Waals surface area contributed by atoms with Gasteiger partial charge in [-0.05, 0) is 17.7 Å². The number of halogens is 6. The fourth-order valence-electron chi connectivity index (χ4n) is 2.82. The number of carbonyl (C=O) groups is 3. The second-order valence-corrected chi connectivity index (χ2v) is 10.2. The van der Waals surface area contributed by atoms with Crippen molar-refractivity contribution in [3.05, 3.63) is 70.3 Å². The van der Waals surface area contributed by atoms with Gasteiger partial charge < -0.3 is 0 Å². The predicted octanol–water partition coefficient (Wildman–Crippen LogP) is 6.17. The number of carbonyl (C=O) groups excluding carboxylic acids is 3. The molecule has 0 atom stereocenters. The Bertz CT molecular complexity index is 1080. The van der Waals surface area contributed by atoms with E-state index in [-0.39, 0.29) is 38.7 Å². The molecule has 0 aliphatic carbocycles. The summed E-state index contributed by atoms with van der Waals surface area (Å²) in [6, 6.07) is 11.0.